The maximum Gasteiger partial charge on any atom is 0.410 e. The van der Waals surface area contributed by atoms with Crippen LogP contribution in [0, 0.1) is 0 Å². The molecule has 4 heterocycles. The predicted octanol–water partition coefficient (Wildman–Crippen LogP) is 4.30. The molecule has 0 fully saturated rings. The SMILES string of the molecule is O=C(Nc1ccc2c(c1)OCCO2)c1cc2n(n1)[C@H](C(F)(F)F)C[C@@H](c1ccc3c(c1)OCO3)N2. The fourth-order valence-electron chi connectivity index (χ4n) is 4.35. The molecule has 0 saturated carbocycles. The molecule has 1 aromatic heterocycles. The molecule has 2 aromatic carbocycles. The first-order valence-corrected chi connectivity index (χ1v) is 10.9. The van der Waals surface area contributed by atoms with E-state index >= 15 is 0 Å². The fourth-order valence-corrected chi connectivity index (χ4v) is 4.35. The number of carbonyl (C=O) groups excluding carboxylic acids is 1. The summed E-state index contributed by atoms with van der Waals surface area (Å²) in [5.41, 5.74) is 0.866. The summed E-state index contributed by atoms with van der Waals surface area (Å²) in [5, 5.41) is 9.72. The van der Waals surface area contributed by atoms with Crippen molar-refractivity contribution in [3.63, 3.8) is 0 Å². The maximum absolute atomic E-state index is 14.0. The number of hydrogen-bond donors (Lipinski definition) is 2. The van der Waals surface area contributed by atoms with Gasteiger partial charge in [0.05, 0.1) is 6.04 Å². The lowest BCUT2D eigenvalue weighted by Crippen LogP contribution is -2.35. The highest BCUT2D eigenvalue weighted by Crippen LogP contribution is 2.45. The van der Waals surface area contributed by atoms with E-state index in [2.05, 4.69) is 15.7 Å². The molecular weight excluding hydrogens is 469 g/mol. The van der Waals surface area contributed by atoms with Gasteiger partial charge in [-0.3, -0.25) is 4.79 Å². The number of nitrogens with one attached hydrogen (secondary N) is 2. The van der Waals surface area contributed by atoms with Crippen molar-refractivity contribution in [3.8, 4) is 23.0 Å². The Kier molecular flexibility index (Phi) is 4.90. The molecule has 1 amide bonds. The Morgan fingerprint density at radius 2 is 1.69 bits per heavy atom. The summed E-state index contributed by atoms with van der Waals surface area (Å²) in [6, 6.07) is 8.61. The van der Waals surface area contributed by atoms with Crippen molar-refractivity contribution in [1.82, 2.24) is 9.78 Å². The number of fused-ring (bicyclic) bond motifs is 3. The van der Waals surface area contributed by atoms with Crippen LogP contribution in [0.1, 0.15) is 34.6 Å². The van der Waals surface area contributed by atoms with Gasteiger partial charge in [-0.15, -0.1) is 0 Å². The summed E-state index contributed by atoms with van der Waals surface area (Å²) in [6.45, 7) is 0.878. The highest BCUT2D eigenvalue weighted by atomic mass is 19.4. The minimum absolute atomic E-state index is 0.0661. The summed E-state index contributed by atoms with van der Waals surface area (Å²) in [5.74, 6) is 1.49. The molecule has 3 aliphatic rings. The highest BCUT2D eigenvalue weighted by Gasteiger charge is 2.47. The van der Waals surface area contributed by atoms with E-state index in [1.165, 1.54) is 6.07 Å². The van der Waals surface area contributed by atoms with E-state index in [9.17, 15) is 18.0 Å². The second-order valence-corrected chi connectivity index (χ2v) is 8.27. The van der Waals surface area contributed by atoms with Crippen LogP contribution in [-0.4, -0.2) is 41.9 Å². The molecule has 35 heavy (non-hydrogen) atoms. The molecule has 6 rings (SSSR count). The monoisotopic (exact) mass is 488 g/mol. The van der Waals surface area contributed by atoms with Crippen LogP contribution in [0.2, 0.25) is 0 Å². The van der Waals surface area contributed by atoms with Gasteiger partial charge >= 0.3 is 6.18 Å². The molecule has 9 nitrogen and oxygen atoms in total. The molecular formula is C23H19F3N4O5. The third-order valence-electron chi connectivity index (χ3n) is 6.02. The van der Waals surface area contributed by atoms with Crippen LogP contribution >= 0.6 is 0 Å². The van der Waals surface area contributed by atoms with Gasteiger partial charge in [-0.05, 0) is 29.8 Å². The van der Waals surface area contributed by atoms with Gasteiger partial charge in [0.1, 0.15) is 19.0 Å². The summed E-state index contributed by atoms with van der Waals surface area (Å²) in [4.78, 5) is 12.8. The first kappa shape index (κ1) is 21.4. The van der Waals surface area contributed by atoms with Crippen molar-refractivity contribution in [2.24, 2.45) is 0 Å². The first-order chi connectivity index (χ1) is 16.8. The molecule has 3 aromatic rings. The van der Waals surface area contributed by atoms with Crippen LogP contribution in [-0.2, 0) is 0 Å². The number of aromatic nitrogens is 2. The van der Waals surface area contributed by atoms with E-state index in [1.807, 2.05) is 0 Å². The normalized spacial score (nSPS) is 20.1. The molecule has 0 radical (unpaired) electrons. The maximum atomic E-state index is 14.0. The first-order valence-electron chi connectivity index (χ1n) is 10.9. The zero-order valence-corrected chi connectivity index (χ0v) is 18.1. The van der Waals surface area contributed by atoms with Crippen LogP contribution in [0.15, 0.2) is 42.5 Å². The van der Waals surface area contributed by atoms with Crippen molar-refractivity contribution in [3.05, 3.63) is 53.7 Å². The third kappa shape index (κ3) is 3.94. The van der Waals surface area contributed by atoms with Crippen molar-refractivity contribution in [1.29, 1.82) is 0 Å². The number of amides is 1. The number of rotatable bonds is 3. The van der Waals surface area contributed by atoms with Gasteiger partial charge in [-0.1, -0.05) is 6.07 Å². The lowest BCUT2D eigenvalue weighted by molar-refractivity contribution is -0.173. The van der Waals surface area contributed by atoms with Crippen molar-refractivity contribution in [2.75, 3.05) is 30.6 Å². The zero-order chi connectivity index (χ0) is 24.2. The Balaban J connectivity index is 1.27. The molecule has 0 unspecified atom stereocenters. The molecule has 0 spiro atoms. The van der Waals surface area contributed by atoms with Crippen LogP contribution in [0.3, 0.4) is 0 Å². The lowest BCUT2D eigenvalue weighted by Gasteiger charge is -2.33. The Morgan fingerprint density at radius 3 is 2.51 bits per heavy atom. The Hall–Kier alpha value is -4.09. The number of halogens is 3. The van der Waals surface area contributed by atoms with Crippen LogP contribution in [0.4, 0.5) is 24.7 Å². The lowest BCUT2D eigenvalue weighted by atomic mass is 9.96. The standard InChI is InChI=1S/C23H19F3N4O5/c24-23(25,26)20-9-14(12-1-3-17-18(7-12)35-11-34-17)28-21-10-15(29-30(20)21)22(31)27-13-2-4-16-19(8-13)33-6-5-32-16/h1-4,7-8,10,14,20,28H,5-6,9,11H2,(H,27,31)/t14-,20-/m0/s1. The molecule has 12 heteroatoms. The van der Waals surface area contributed by atoms with E-state index in [-0.39, 0.29) is 24.7 Å². The van der Waals surface area contributed by atoms with Gasteiger partial charge in [0.2, 0.25) is 6.79 Å². The molecule has 0 aliphatic carbocycles. The van der Waals surface area contributed by atoms with Crippen LogP contribution < -0.4 is 29.6 Å². The van der Waals surface area contributed by atoms with E-state index in [0.29, 0.717) is 47.5 Å². The molecule has 0 bridgehead atoms. The summed E-state index contributed by atoms with van der Waals surface area (Å²) < 4.78 is 64.4. The quantitative estimate of drug-likeness (QED) is 0.568. The Bertz CT molecular complexity index is 1310. The van der Waals surface area contributed by atoms with Crippen LogP contribution in [0.5, 0.6) is 23.0 Å². The highest BCUT2D eigenvalue weighted by molar-refractivity contribution is 6.03. The van der Waals surface area contributed by atoms with E-state index in [4.69, 9.17) is 18.9 Å². The average Bonchev–Trinajstić information content (AvgIpc) is 3.49. The second-order valence-electron chi connectivity index (χ2n) is 8.27. The number of benzene rings is 2. The van der Waals surface area contributed by atoms with Gasteiger partial charge in [-0.25, -0.2) is 4.68 Å². The second kappa shape index (κ2) is 8.00. The zero-order valence-electron chi connectivity index (χ0n) is 18.1. The molecule has 3 aliphatic heterocycles. The molecule has 182 valence electrons. The Morgan fingerprint density at radius 1 is 0.971 bits per heavy atom. The minimum atomic E-state index is -4.57. The Labute approximate surface area is 196 Å². The van der Waals surface area contributed by atoms with E-state index in [0.717, 1.165) is 4.68 Å². The number of hydrogen-bond acceptors (Lipinski definition) is 7. The largest absolute Gasteiger partial charge is 0.486 e. The summed E-state index contributed by atoms with van der Waals surface area (Å²) in [7, 11) is 0. The number of alkyl halides is 3. The van der Waals surface area contributed by atoms with E-state index < -0.39 is 24.2 Å². The van der Waals surface area contributed by atoms with Gasteiger partial charge in [0, 0.05) is 24.2 Å². The van der Waals surface area contributed by atoms with Crippen molar-refractivity contribution >= 4 is 17.4 Å². The number of nitrogens with zero attached hydrogens (tertiary/aromatic N) is 2. The summed E-state index contributed by atoms with van der Waals surface area (Å²) >= 11 is 0. The van der Waals surface area contributed by atoms with Gasteiger partial charge in [0.15, 0.2) is 34.7 Å². The third-order valence-corrected chi connectivity index (χ3v) is 6.02. The van der Waals surface area contributed by atoms with Crippen LogP contribution in [0.25, 0.3) is 0 Å². The minimum Gasteiger partial charge on any atom is -0.486 e. The van der Waals surface area contributed by atoms with E-state index in [1.54, 1.807) is 36.4 Å². The average molecular weight is 488 g/mol. The van der Waals surface area contributed by atoms with Crippen molar-refractivity contribution < 1.29 is 36.9 Å². The predicted molar refractivity (Wildman–Crippen MR) is 116 cm³/mol. The van der Waals surface area contributed by atoms with Gasteiger partial charge < -0.3 is 29.6 Å². The molecule has 2 N–H and O–H groups in total. The van der Waals surface area contributed by atoms with Gasteiger partial charge in [0.25, 0.3) is 5.91 Å². The van der Waals surface area contributed by atoms with Gasteiger partial charge in [-0.2, -0.15) is 18.3 Å². The molecule has 2 atom stereocenters. The molecule has 0 saturated heterocycles. The van der Waals surface area contributed by atoms with Crippen molar-refractivity contribution in [2.45, 2.75) is 24.7 Å². The fraction of sp³-hybridized carbons (Fsp3) is 0.304. The topological polar surface area (TPSA) is 95.9 Å². The smallest absolute Gasteiger partial charge is 0.410 e. The number of ether oxygens (including phenoxy) is 4. The number of anilines is 2. The summed E-state index contributed by atoms with van der Waals surface area (Å²) in [6.07, 6.45) is -4.87. The number of carbonyl (C=O) groups is 1.